The Labute approximate surface area is 129 Å². The second-order valence-corrected chi connectivity index (χ2v) is 5.42. The Morgan fingerprint density at radius 3 is 2.53 bits per heavy atom. The van der Waals surface area contributed by atoms with Crippen LogP contribution in [0.4, 0.5) is 0 Å². The second-order valence-electron chi connectivity index (χ2n) is 3.78. The molecule has 0 saturated carbocycles. The van der Waals surface area contributed by atoms with Crippen molar-refractivity contribution in [3.05, 3.63) is 62.0 Å². The fraction of sp³-hybridized carbons (Fsp3) is 0.0714. The zero-order chi connectivity index (χ0) is 14.0. The van der Waals surface area contributed by atoms with Gasteiger partial charge in [0.15, 0.2) is 5.78 Å². The first kappa shape index (κ1) is 14.4. The van der Waals surface area contributed by atoms with Crippen molar-refractivity contribution in [1.29, 1.82) is 0 Å². The molecule has 0 radical (unpaired) electrons. The monoisotopic (exact) mass is 358 g/mol. The third-order valence-electron chi connectivity index (χ3n) is 2.62. The molecule has 19 heavy (non-hydrogen) atoms. The molecule has 0 fully saturated rings. The van der Waals surface area contributed by atoms with E-state index in [0.29, 0.717) is 26.4 Å². The highest BCUT2D eigenvalue weighted by Gasteiger charge is 2.17. The van der Waals surface area contributed by atoms with Crippen LogP contribution in [0, 0.1) is 0 Å². The molecule has 0 saturated heterocycles. The summed E-state index contributed by atoms with van der Waals surface area (Å²) in [5, 5.41) is 0.619. The maximum Gasteiger partial charge on any atom is 0.195 e. The highest BCUT2D eigenvalue weighted by molar-refractivity contribution is 9.10. The Hall–Kier alpha value is -1.03. The number of hydrogen-bond acceptors (Lipinski definition) is 2. The molecule has 2 aromatic carbocycles. The van der Waals surface area contributed by atoms with E-state index in [1.165, 1.54) is 0 Å². The predicted molar refractivity (Wildman–Crippen MR) is 80.6 cm³/mol. The number of benzene rings is 2. The average molecular weight is 360 g/mol. The molecule has 0 aliphatic carbocycles. The minimum absolute atomic E-state index is 0.193. The summed E-state index contributed by atoms with van der Waals surface area (Å²) in [6, 6.07) is 10.1. The number of hydrogen-bond donors (Lipinski definition) is 0. The zero-order valence-electron chi connectivity index (χ0n) is 9.91. The van der Waals surface area contributed by atoms with Crippen molar-refractivity contribution in [2.75, 3.05) is 7.11 Å². The van der Waals surface area contributed by atoms with Crippen molar-refractivity contribution in [2.45, 2.75) is 0 Å². The summed E-state index contributed by atoms with van der Waals surface area (Å²) < 4.78 is 5.74. The highest BCUT2D eigenvalue weighted by atomic mass is 79.9. The van der Waals surface area contributed by atoms with E-state index in [4.69, 9.17) is 27.9 Å². The van der Waals surface area contributed by atoms with E-state index in [-0.39, 0.29) is 10.8 Å². The van der Waals surface area contributed by atoms with Crippen LogP contribution in [0.15, 0.2) is 40.9 Å². The highest BCUT2D eigenvalue weighted by Crippen LogP contribution is 2.30. The van der Waals surface area contributed by atoms with E-state index in [1.54, 1.807) is 43.5 Å². The summed E-state index contributed by atoms with van der Waals surface area (Å²) >= 11 is 15.3. The van der Waals surface area contributed by atoms with Gasteiger partial charge in [-0.3, -0.25) is 4.79 Å². The van der Waals surface area contributed by atoms with Gasteiger partial charge in [-0.1, -0.05) is 29.3 Å². The zero-order valence-corrected chi connectivity index (χ0v) is 13.0. The van der Waals surface area contributed by atoms with Crippen molar-refractivity contribution < 1.29 is 9.53 Å². The largest absolute Gasteiger partial charge is 0.497 e. The molecule has 0 heterocycles. The van der Waals surface area contributed by atoms with Crippen molar-refractivity contribution in [1.82, 2.24) is 0 Å². The van der Waals surface area contributed by atoms with Crippen LogP contribution in [0.5, 0.6) is 5.75 Å². The number of carbonyl (C=O) groups is 1. The first-order chi connectivity index (χ1) is 9.04. The minimum atomic E-state index is -0.193. The van der Waals surface area contributed by atoms with E-state index >= 15 is 0 Å². The molecule has 2 rings (SSSR count). The molecule has 0 unspecified atom stereocenters. The van der Waals surface area contributed by atoms with Gasteiger partial charge in [0.25, 0.3) is 0 Å². The van der Waals surface area contributed by atoms with Crippen LogP contribution < -0.4 is 4.74 Å². The number of carbonyl (C=O) groups excluding carboxylic acids is 1. The van der Waals surface area contributed by atoms with Gasteiger partial charge in [-0.2, -0.15) is 0 Å². The van der Waals surface area contributed by atoms with Crippen LogP contribution in [0.1, 0.15) is 15.9 Å². The maximum absolute atomic E-state index is 12.4. The number of methoxy groups -OCH3 is 1. The molecule has 0 spiro atoms. The standard InChI is InChI=1S/C14H9BrCl2O2/c1-19-8-5-6-9(11(15)7-8)14(18)10-3-2-4-12(16)13(10)17/h2-7H,1H3. The molecule has 2 aromatic rings. The fourth-order valence-corrected chi connectivity index (χ4v) is 2.56. The molecule has 5 heteroatoms. The van der Waals surface area contributed by atoms with Gasteiger partial charge in [0.2, 0.25) is 0 Å². The molecule has 0 aromatic heterocycles. The molecule has 0 bridgehead atoms. The predicted octanol–water partition coefficient (Wildman–Crippen LogP) is 5.00. The summed E-state index contributed by atoms with van der Waals surface area (Å²) in [6.45, 7) is 0. The van der Waals surface area contributed by atoms with E-state index in [1.807, 2.05) is 0 Å². The molecular weight excluding hydrogens is 351 g/mol. The van der Waals surface area contributed by atoms with Crippen LogP contribution in [0.25, 0.3) is 0 Å². The molecule has 0 N–H and O–H groups in total. The number of ether oxygens (including phenoxy) is 1. The average Bonchev–Trinajstić information content (AvgIpc) is 2.41. The van der Waals surface area contributed by atoms with Gasteiger partial charge >= 0.3 is 0 Å². The van der Waals surface area contributed by atoms with Gasteiger partial charge in [-0.05, 0) is 46.3 Å². The Morgan fingerprint density at radius 2 is 1.89 bits per heavy atom. The van der Waals surface area contributed by atoms with Crippen LogP contribution in [-0.4, -0.2) is 12.9 Å². The third-order valence-corrected chi connectivity index (χ3v) is 4.09. The quantitative estimate of drug-likeness (QED) is 0.721. The van der Waals surface area contributed by atoms with E-state index in [0.717, 1.165) is 0 Å². The Balaban J connectivity index is 2.47. The molecule has 0 atom stereocenters. The Morgan fingerprint density at radius 1 is 1.16 bits per heavy atom. The number of halogens is 3. The SMILES string of the molecule is COc1ccc(C(=O)c2cccc(Cl)c2Cl)c(Br)c1. The Kier molecular flexibility index (Phi) is 4.50. The number of rotatable bonds is 3. The smallest absolute Gasteiger partial charge is 0.195 e. The van der Waals surface area contributed by atoms with Gasteiger partial charge in [0, 0.05) is 15.6 Å². The Bertz CT molecular complexity index is 641. The molecular formula is C14H9BrCl2O2. The lowest BCUT2D eigenvalue weighted by molar-refractivity contribution is 0.103. The molecule has 0 aliphatic heterocycles. The van der Waals surface area contributed by atoms with Gasteiger partial charge < -0.3 is 4.74 Å². The minimum Gasteiger partial charge on any atom is -0.497 e. The van der Waals surface area contributed by atoms with Gasteiger partial charge in [0.1, 0.15) is 5.75 Å². The van der Waals surface area contributed by atoms with Crippen LogP contribution in [0.3, 0.4) is 0 Å². The van der Waals surface area contributed by atoms with Crippen LogP contribution in [0.2, 0.25) is 10.0 Å². The van der Waals surface area contributed by atoms with E-state index < -0.39 is 0 Å². The summed E-state index contributed by atoms with van der Waals surface area (Å²) in [7, 11) is 1.57. The fourth-order valence-electron chi connectivity index (χ4n) is 1.63. The van der Waals surface area contributed by atoms with Gasteiger partial charge in [0.05, 0.1) is 17.2 Å². The lowest BCUT2D eigenvalue weighted by atomic mass is 10.0. The maximum atomic E-state index is 12.4. The summed E-state index contributed by atoms with van der Waals surface area (Å²) in [5.41, 5.74) is 0.880. The summed E-state index contributed by atoms with van der Waals surface area (Å²) in [6.07, 6.45) is 0. The molecule has 2 nitrogen and oxygen atoms in total. The molecule has 0 aliphatic rings. The third kappa shape index (κ3) is 2.94. The van der Waals surface area contributed by atoms with E-state index in [2.05, 4.69) is 15.9 Å². The topological polar surface area (TPSA) is 26.3 Å². The molecule has 98 valence electrons. The van der Waals surface area contributed by atoms with Crippen molar-refractivity contribution in [3.8, 4) is 5.75 Å². The summed E-state index contributed by atoms with van der Waals surface area (Å²) in [5.74, 6) is 0.475. The van der Waals surface area contributed by atoms with Gasteiger partial charge in [-0.25, -0.2) is 0 Å². The van der Waals surface area contributed by atoms with Gasteiger partial charge in [-0.15, -0.1) is 0 Å². The normalized spacial score (nSPS) is 10.3. The lowest BCUT2D eigenvalue weighted by Gasteiger charge is -2.08. The molecule has 0 amide bonds. The van der Waals surface area contributed by atoms with Crippen LogP contribution in [-0.2, 0) is 0 Å². The van der Waals surface area contributed by atoms with Crippen molar-refractivity contribution in [2.24, 2.45) is 0 Å². The summed E-state index contributed by atoms with van der Waals surface area (Å²) in [4.78, 5) is 12.4. The van der Waals surface area contributed by atoms with Crippen molar-refractivity contribution >= 4 is 44.9 Å². The van der Waals surface area contributed by atoms with E-state index in [9.17, 15) is 4.79 Å². The first-order valence-electron chi connectivity index (χ1n) is 5.37. The number of ketones is 1. The van der Waals surface area contributed by atoms with Crippen LogP contribution >= 0.6 is 39.1 Å². The lowest BCUT2D eigenvalue weighted by Crippen LogP contribution is -2.03. The van der Waals surface area contributed by atoms with Crippen molar-refractivity contribution in [3.63, 3.8) is 0 Å². The second kappa shape index (κ2) is 5.95. The first-order valence-corrected chi connectivity index (χ1v) is 6.91.